The highest BCUT2D eigenvalue weighted by Gasteiger charge is 2.17. The normalized spacial score (nSPS) is 13.0. The van der Waals surface area contributed by atoms with Gasteiger partial charge in [0.25, 0.3) is 11.5 Å². The van der Waals surface area contributed by atoms with E-state index in [1.165, 1.54) is 52.4 Å². The molecule has 0 bridgehead atoms. The van der Waals surface area contributed by atoms with Crippen LogP contribution in [0.25, 0.3) is 11.3 Å². The molecule has 2 amide bonds. The average molecular weight is 587 g/mol. The number of nitrogens with zero attached hydrogens (tertiary/aromatic N) is 4. The number of carbonyl (C=O) groups is 2. The summed E-state index contributed by atoms with van der Waals surface area (Å²) in [4.78, 5) is 41.1. The van der Waals surface area contributed by atoms with Crippen LogP contribution in [0.2, 0.25) is 0 Å². The molecule has 1 aliphatic carbocycles. The second-order valence-corrected chi connectivity index (χ2v) is 10.0. The fourth-order valence-corrected chi connectivity index (χ4v) is 4.03. The number of amides is 2. The first-order valence-corrected chi connectivity index (χ1v) is 14.2. The molecule has 0 atom stereocenters. The summed E-state index contributed by atoms with van der Waals surface area (Å²) in [6, 6.07) is 10.2. The molecule has 11 heteroatoms. The smallest absolute Gasteiger partial charge is 0.268 e. The van der Waals surface area contributed by atoms with Crippen molar-refractivity contribution in [1.82, 2.24) is 19.2 Å². The van der Waals surface area contributed by atoms with Crippen molar-refractivity contribution in [2.45, 2.75) is 53.4 Å². The Morgan fingerprint density at radius 3 is 2.56 bits per heavy atom. The third-order valence-corrected chi connectivity index (χ3v) is 6.62. The van der Waals surface area contributed by atoms with Gasteiger partial charge >= 0.3 is 0 Å². The number of halogens is 1. The maximum absolute atomic E-state index is 14.9. The molecule has 4 aromatic rings. The molecule has 0 radical (unpaired) electrons. The number of ether oxygens (including phenoxy) is 1. The van der Waals surface area contributed by atoms with Crippen LogP contribution in [0.5, 0.6) is 11.6 Å². The summed E-state index contributed by atoms with van der Waals surface area (Å²) in [6.07, 6.45) is 11.9. The van der Waals surface area contributed by atoms with Crippen LogP contribution in [0.4, 0.5) is 15.9 Å². The van der Waals surface area contributed by atoms with Crippen LogP contribution in [-0.2, 0) is 11.2 Å². The minimum absolute atomic E-state index is 0.0709. The molecule has 5 rings (SSSR count). The lowest BCUT2D eigenvalue weighted by atomic mass is 10.1. The quantitative estimate of drug-likeness (QED) is 0.163. The number of nitrogens with one attached hydrogen (secondary N) is 2. The van der Waals surface area contributed by atoms with Gasteiger partial charge in [0.1, 0.15) is 5.56 Å². The van der Waals surface area contributed by atoms with Gasteiger partial charge in [0.05, 0.1) is 6.20 Å². The molecule has 10 nitrogen and oxygen atoms in total. The first-order chi connectivity index (χ1) is 20.8. The third-order valence-electron chi connectivity index (χ3n) is 6.62. The summed E-state index contributed by atoms with van der Waals surface area (Å²) in [7, 11) is 0. The van der Waals surface area contributed by atoms with E-state index in [0.717, 1.165) is 24.1 Å². The van der Waals surface area contributed by atoms with E-state index >= 15 is 0 Å². The Morgan fingerprint density at radius 2 is 1.93 bits per heavy atom. The van der Waals surface area contributed by atoms with Crippen LogP contribution in [0.3, 0.4) is 0 Å². The lowest BCUT2D eigenvalue weighted by Crippen LogP contribution is -2.30. The van der Waals surface area contributed by atoms with Crippen molar-refractivity contribution in [2.75, 3.05) is 10.6 Å². The Labute approximate surface area is 248 Å². The first kappa shape index (κ1) is 30.9. The number of fused-ring (bicyclic) bond motifs is 1. The maximum Gasteiger partial charge on any atom is 0.268 e. The van der Waals surface area contributed by atoms with Crippen LogP contribution < -0.4 is 20.9 Å². The fourth-order valence-electron chi connectivity index (χ4n) is 4.03. The predicted molar refractivity (Wildman–Crippen MR) is 165 cm³/mol. The first-order valence-electron chi connectivity index (χ1n) is 14.2. The van der Waals surface area contributed by atoms with Gasteiger partial charge in [-0.15, -0.1) is 5.10 Å². The fraction of sp³-hybridized carbons (Fsp3) is 0.281. The average Bonchev–Trinajstić information content (AvgIpc) is 3.67. The topological polar surface area (TPSA) is 120 Å². The van der Waals surface area contributed by atoms with Crippen LogP contribution >= 0.6 is 0 Å². The van der Waals surface area contributed by atoms with Crippen molar-refractivity contribution in [3.8, 4) is 11.6 Å². The van der Waals surface area contributed by atoms with Crippen molar-refractivity contribution in [3.05, 3.63) is 94.3 Å². The standard InChI is InChI=1S/C28H27FN6O4.C4H8/c1-4-7-8-19(5-2)35-20(6-3)10-11-21(28(35)38)27(37)31-18-9-12-23(22(29)15-18)39-26-14-13-25-32-24(30-17-36)16-34(25)33-26;1-4-2-3-4/h5,7-17H,4,6H2,1-3H3,(H,30,36)(H,31,37);4H,2-3H2,1H3/b8-7-,19-5+;. The van der Waals surface area contributed by atoms with Gasteiger partial charge in [-0.25, -0.2) is 13.9 Å². The molecule has 0 spiro atoms. The number of hydrogen-bond donors (Lipinski definition) is 2. The maximum atomic E-state index is 14.9. The highest BCUT2D eigenvalue weighted by atomic mass is 19.1. The molecule has 2 N–H and O–H groups in total. The van der Waals surface area contributed by atoms with Gasteiger partial charge in [-0.2, -0.15) is 0 Å². The second kappa shape index (κ2) is 14.2. The van der Waals surface area contributed by atoms with E-state index in [2.05, 4.69) is 27.6 Å². The molecule has 3 aromatic heterocycles. The van der Waals surface area contributed by atoms with Crippen molar-refractivity contribution in [2.24, 2.45) is 5.92 Å². The van der Waals surface area contributed by atoms with Crippen molar-refractivity contribution >= 4 is 35.2 Å². The molecule has 3 heterocycles. The van der Waals surface area contributed by atoms with Crippen molar-refractivity contribution < 1.29 is 18.7 Å². The molecular formula is C32H35FN6O4. The molecule has 1 aromatic carbocycles. The van der Waals surface area contributed by atoms with Crippen LogP contribution in [-0.4, -0.2) is 31.5 Å². The summed E-state index contributed by atoms with van der Waals surface area (Å²) in [5, 5.41) is 9.20. The van der Waals surface area contributed by atoms with E-state index in [1.54, 1.807) is 12.1 Å². The number of hydrogen-bond acceptors (Lipinski definition) is 6. The highest BCUT2D eigenvalue weighted by Crippen LogP contribution is 2.27. The van der Waals surface area contributed by atoms with Gasteiger partial charge in [0.15, 0.2) is 23.0 Å². The third kappa shape index (κ3) is 7.82. The highest BCUT2D eigenvalue weighted by molar-refractivity contribution is 6.04. The van der Waals surface area contributed by atoms with E-state index in [4.69, 9.17) is 4.74 Å². The number of pyridine rings is 1. The summed E-state index contributed by atoms with van der Waals surface area (Å²) in [5.41, 5.74) is 1.50. The lowest BCUT2D eigenvalue weighted by molar-refractivity contribution is -0.105. The number of anilines is 2. The van der Waals surface area contributed by atoms with Gasteiger partial charge in [0.2, 0.25) is 12.3 Å². The van der Waals surface area contributed by atoms with E-state index in [1.807, 2.05) is 39.0 Å². The number of carbonyl (C=O) groups excluding carboxylic acids is 2. The van der Waals surface area contributed by atoms with Gasteiger partial charge in [0, 0.05) is 29.2 Å². The van der Waals surface area contributed by atoms with Gasteiger partial charge < -0.3 is 15.4 Å². The molecule has 224 valence electrons. The Kier molecular flexibility index (Phi) is 10.2. The zero-order valence-corrected chi connectivity index (χ0v) is 24.6. The van der Waals surface area contributed by atoms with Gasteiger partial charge in [-0.05, 0) is 62.1 Å². The van der Waals surface area contributed by atoms with E-state index in [9.17, 15) is 18.8 Å². The summed E-state index contributed by atoms with van der Waals surface area (Å²) in [5.74, 6) is -0.0611. The number of rotatable bonds is 10. The van der Waals surface area contributed by atoms with Gasteiger partial charge in [-0.1, -0.05) is 45.8 Å². The number of allylic oxidation sites excluding steroid dienone is 4. The van der Waals surface area contributed by atoms with Crippen molar-refractivity contribution in [3.63, 3.8) is 0 Å². The minimum Gasteiger partial charge on any atom is -0.434 e. The zero-order valence-electron chi connectivity index (χ0n) is 24.6. The number of imidazole rings is 1. The Hall–Kier alpha value is -5.06. The Bertz CT molecular complexity index is 1740. The zero-order chi connectivity index (χ0) is 30.9. The summed E-state index contributed by atoms with van der Waals surface area (Å²) in [6.45, 7) is 8.02. The Balaban J connectivity index is 0.000000975. The number of aromatic nitrogens is 4. The largest absolute Gasteiger partial charge is 0.434 e. The van der Waals surface area contributed by atoms with Crippen LogP contribution in [0.1, 0.15) is 63.0 Å². The van der Waals surface area contributed by atoms with E-state index in [0.29, 0.717) is 30.0 Å². The second-order valence-electron chi connectivity index (χ2n) is 10.0. The monoisotopic (exact) mass is 586 g/mol. The molecule has 1 aliphatic rings. The molecule has 0 unspecified atom stereocenters. The molecule has 43 heavy (non-hydrogen) atoms. The number of aryl methyl sites for hydroxylation is 1. The molecule has 1 fully saturated rings. The van der Waals surface area contributed by atoms with Gasteiger partial charge in [-0.3, -0.25) is 19.0 Å². The predicted octanol–water partition coefficient (Wildman–Crippen LogP) is 6.45. The molecule has 0 aliphatic heterocycles. The molecule has 0 saturated heterocycles. The minimum atomic E-state index is -0.747. The summed E-state index contributed by atoms with van der Waals surface area (Å²) >= 11 is 0. The molecule has 1 saturated carbocycles. The van der Waals surface area contributed by atoms with E-state index < -0.39 is 17.3 Å². The molecular weight excluding hydrogens is 551 g/mol. The Morgan fingerprint density at radius 1 is 1.16 bits per heavy atom. The number of benzene rings is 1. The van der Waals surface area contributed by atoms with E-state index in [-0.39, 0.29) is 22.9 Å². The SMILES string of the molecule is C/C=C(\C=C/CC)n1c(CC)ccc(C(=O)Nc2ccc(Oc3ccc4nc(NC=O)cn4n3)c(F)c2)c1=O.CC1CC1. The van der Waals surface area contributed by atoms with Crippen LogP contribution in [0.15, 0.2) is 71.7 Å². The lowest BCUT2D eigenvalue weighted by Gasteiger charge is -2.15. The van der Waals surface area contributed by atoms with Crippen LogP contribution in [0, 0.1) is 11.7 Å². The summed E-state index contributed by atoms with van der Waals surface area (Å²) < 4.78 is 23.3. The van der Waals surface area contributed by atoms with Crippen molar-refractivity contribution in [1.29, 1.82) is 0 Å².